The van der Waals surface area contributed by atoms with Crippen molar-refractivity contribution in [2.24, 2.45) is 0 Å². The SMILES string of the molecule is COC(=O)C1(OC)C(C(=O)c2ccc(C)cc2)=C(OC)C(=O)N1c1ccccc1. The molecular formula is C22H21NO6. The molecule has 29 heavy (non-hydrogen) atoms. The average Bonchev–Trinajstić information content (AvgIpc) is 3.02. The van der Waals surface area contributed by atoms with E-state index in [2.05, 4.69) is 0 Å². The first-order valence-corrected chi connectivity index (χ1v) is 8.85. The third-order valence-corrected chi connectivity index (χ3v) is 4.79. The summed E-state index contributed by atoms with van der Waals surface area (Å²) in [6.07, 6.45) is 0. The topological polar surface area (TPSA) is 82.1 Å². The standard InChI is InChI=1S/C22H21NO6/c1-14-10-12-15(13-11-14)18(24)17-19(27-2)20(25)23(16-8-6-5-7-9-16)22(17,29-4)21(26)28-3/h5-13H,1-4H3. The molecule has 0 aliphatic carbocycles. The van der Waals surface area contributed by atoms with Crippen molar-refractivity contribution in [3.05, 3.63) is 77.1 Å². The molecule has 2 aromatic carbocycles. The van der Waals surface area contributed by atoms with Gasteiger partial charge < -0.3 is 14.2 Å². The molecule has 1 unspecified atom stereocenters. The molecule has 1 atom stereocenters. The minimum absolute atomic E-state index is 0.230. The molecule has 7 nitrogen and oxygen atoms in total. The fourth-order valence-corrected chi connectivity index (χ4v) is 3.40. The van der Waals surface area contributed by atoms with Crippen molar-refractivity contribution in [2.75, 3.05) is 26.2 Å². The molecule has 7 heteroatoms. The van der Waals surface area contributed by atoms with Crippen LogP contribution in [0.5, 0.6) is 0 Å². The number of Topliss-reactive ketones (excluding diaryl/α,β-unsaturated/α-hetero) is 1. The highest BCUT2D eigenvalue weighted by Crippen LogP contribution is 2.42. The summed E-state index contributed by atoms with van der Waals surface area (Å²) in [6.45, 7) is 1.89. The van der Waals surface area contributed by atoms with Crippen LogP contribution >= 0.6 is 0 Å². The number of hydrogen-bond donors (Lipinski definition) is 0. The van der Waals surface area contributed by atoms with Crippen molar-refractivity contribution in [1.82, 2.24) is 0 Å². The highest BCUT2D eigenvalue weighted by molar-refractivity contribution is 6.26. The van der Waals surface area contributed by atoms with E-state index in [9.17, 15) is 14.4 Å². The molecule has 1 aliphatic rings. The molecule has 1 aliphatic heterocycles. The zero-order valence-corrected chi connectivity index (χ0v) is 16.6. The van der Waals surface area contributed by atoms with Crippen molar-refractivity contribution in [2.45, 2.75) is 12.6 Å². The number of rotatable bonds is 6. The second kappa shape index (κ2) is 7.89. The first-order chi connectivity index (χ1) is 13.9. The monoisotopic (exact) mass is 395 g/mol. The second-order valence-electron chi connectivity index (χ2n) is 6.42. The summed E-state index contributed by atoms with van der Waals surface area (Å²) in [5.74, 6) is -2.44. The van der Waals surface area contributed by atoms with E-state index < -0.39 is 23.4 Å². The van der Waals surface area contributed by atoms with Gasteiger partial charge in [0.1, 0.15) is 5.57 Å². The number of hydrogen-bond acceptors (Lipinski definition) is 6. The van der Waals surface area contributed by atoms with Crippen LogP contribution < -0.4 is 4.90 Å². The number of para-hydroxylation sites is 1. The van der Waals surface area contributed by atoms with Crippen LogP contribution in [-0.2, 0) is 23.8 Å². The van der Waals surface area contributed by atoms with Gasteiger partial charge in [0.15, 0.2) is 11.5 Å². The van der Waals surface area contributed by atoms with E-state index in [4.69, 9.17) is 14.2 Å². The molecule has 2 aromatic rings. The largest absolute Gasteiger partial charge is 0.491 e. The summed E-state index contributed by atoms with van der Waals surface area (Å²) in [6, 6.07) is 15.2. The van der Waals surface area contributed by atoms with Gasteiger partial charge in [-0.3, -0.25) is 14.5 Å². The van der Waals surface area contributed by atoms with Crippen LogP contribution in [0.4, 0.5) is 5.69 Å². The molecule has 0 saturated heterocycles. The van der Waals surface area contributed by atoms with Crippen LogP contribution in [0.1, 0.15) is 15.9 Å². The number of carbonyl (C=O) groups is 3. The lowest BCUT2D eigenvalue weighted by molar-refractivity contribution is -0.161. The van der Waals surface area contributed by atoms with Gasteiger partial charge in [-0.05, 0) is 19.1 Å². The van der Waals surface area contributed by atoms with E-state index in [1.807, 2.05) is 6.92 Å². The summed E-state index contributed by atoms with van der Waals surface area (Å²) >= 11 is 0. The zero-order chi connectivity index (χ0) is 21.2. The number of ketones is 1. The maximum atomic E-state index is 13.4. The fraction of sp³-hybridized carbons (Fsp3) is 0.227. The van der Waals surface area contributed by atoms with Gasteiger partial charge in [0.05, 0.1) is 14.2 Å². The lowest BCUT2D eigenvalue weighted by Gasteiger charge is -2.35. The predicted molar refractivity (Wildman–Crippen MR) is 105 cm³/mol. The molecule has 1 amide bonds. The van der Waals surface area contributed by atoms with Gasteiger partial charge in [-0.1, -0.05) is 48.0 Å². The number of methoxy groups -OCH3 is 3. The Labute approximate surface area is 168 Å². The molecule has 0 fully saturated rings. The number of anilines is 1. The lowest BCUT2D eigenvalue weighted by Crippen LogP contribution is -2.57. The third-order valence-electron chi connectivity index (χ3n) is 4.79. The zero-order valence-electron chi connectivity index (χ0n) is 16.6. The fourth-order valence-electron chi connectivity index (χ4n) is 3.40. The molecule has 0 radical (unpaired) electrons. The van der Waals surface area contributed by atoms with E-state index in [0.29, 0.717) is 5.69 Å². The van der Waals surface area contributed by atoms with Crippen LogP contribution in [0.15, 0.2) is 65.9 Å². The summed E-state index contributed by atoms with van der Waals surface area (Å²) in [5, 5.41) is 0. The normalized spacial score (nSPS) is 18.8. The Balaban J connectivity index is 2.28. The molecule has 0 spiro atoms. The Kier molecular flexibility index (Phi) is 5.52. The van der Waals surface area contributed by atoms with Crippen molar-refractivity contribution < 1.29 is 28.6 Å². The Hall–Kier alpha value is -3.45. The number of ether oxygens (including phenoxy) is 3. The number of aryl methyl sites for hydroxylation is 1. The van der Waals surface area contributed by atoms with Gasteiger partial charge >= 0.3 is 5.97 Å². The second-order valence-corrected chi connectivity index (χ2v) is 6.42. The maximum absolute atomic E-state index is 13.4. The summed E-state index contributed by atoms with van der Waals surface area (Å²) in [7, 11) is 3.67. The Morgan fingerprint density at radius 1 is 0.931 bits per heavy atom. The van der Waals surface area contributed by atoms with Gasteiger partial charge in [0.25, 0.3) is 11.6 Å². The van der Waals surface area contributed by atoms with Gasteiger partial charge in [0, 0.05) is 18.4 Å². The molecule has 0 N–H and O–H groups in total. The smallest absolute Gasteiger partial charge is 0.365 e. The van der Waals surface area contributed by atoms with Crippen LogP contribution in [-0.4, -0.2) is 44.7 Å². The minimum Gasteiger partial charge on any atom is -0.491 e. The van der Waals surface area contributed by atoms with Crippen LogP contribution in [0.25, 0.3) is 0 Å². The molecule has 0 saturated carbocycles. The Bertz CT molecular complexity index is 980. The van der Waals surface area contributed by atoms with Crippen LogP contribution in [0, 0.1) is 6.92 Å². The van der Waals surface area contributed by atoms with Crippen molar-refractivity contribution in [3.63, 3.8) is 0 Å². The van der Waals surface area contributed by atoms with Crippen molar-refractivity contribution in [3.8, 4) is 0 Å². The van der Waals surface area contributed by atoms with Crippen LogP contribution in [0.3, 0.4) is 0 Å². The lowest BCUT2D eigenvalue weighted by atomic mass is 9.93. The summed E-state index contributed by atoms with van der Waals surface area (Å²) in [5.41, 5.74) is -0.756. The van der Waals surface area contributed by atoms with Gasteiger partial charge in [-0.2, -0.15) is 0 Å². The van der Waals surface area contributed by atoms with E-state index >= 15 is 0 Å². The minimum atomic E-state index is -2.12. The Morgan fingerprint density at radius 3 is 2.07 bits per heavy atom. The molecule has 0 bridgehead atoms. The van der Waals surface area contributed by atoms with E-state index in [0.717, 1.165) is 17.6 Å². The molecule has 3 rings (SSSR count). The summed E-state index contributed by atoms with van der Waals surface area (Å²) < 4.78 is 15.8. The van der Waals surface area contributed by atoms with Crippen LogP contribution in [0.2, 0.25) is 0 Å². The first-order valence-electron chi connectivity index (χ1n) is 8.85. The predicted octanol–water partition coefficient (Wildman–Crippen LogP) is 2.64. The molecule has 150 valence electrons. The van der Waals surface area contributed by atoms with Gasteiger partial charge in [-0.15, -0.1) is 0 Å². The molecular weight excluding hydrogens is 374 g/mol. The number of amides is 1. The molecule has 0 aromatic heterocycles. The number of nitrogens with zero attached hydrogens (tertiary/aromatic N) is 1. The number of carbonyl (C=O) groups excluding carboxylic acids is 3. The maximum Gasteiger partial charge on any atom is 0.365 e. The number of benzene rings is 2. The first kappa shape index (κ1) is 20.3. The highest BCUT2D eigenvalue weighted by Gasteiger charge is 2.62. The quantitative estimate of drug-likeness (QED) is 0.552. The third kappa shape index (κ3) is 3.09. The van der Waals surface area contributed by atoms with Gasteiger partial charge in [-0.25, -0.2) is 4.79 Å². The van der Waals surface area contributed by atoms with Crippen molar-refractivity contribution in [1.29, 1.82) is 0 Å². The van der Waals surface area contributed by atoms with E-state index in [-0.39, 0.29) is 16.9 Å². The average molecular weight is 395 g/mol. The van der Waals surface area contributed by atoms with Crippen molar-refractivity contribution >= 4 is 23.3 Å². The summed E-state index contributed by atoms with van der Waals surface area (Å²) in [4.78, 5) is 40.7. The van der Waals surface area contributed by atoms with Gasteiger partial charge in [0.2, 0.25) is 0 Å². The van der Waals surface area contributed by atoms with E-state index in [1.165, 1.54) is 14.2 Å². The Morgan fingerprint density at radius 2 is 1.55 bits per heavy atom. The number of esters is 1. The van der Waals surface area contributed by atoms with E-state index in [1.54, 1.807) is 54.6 Å². The highest BCUT2D eigenvalue weighted by atomic mass is 16.6. The molecule has 1 heterocycles.